The van der Waals surface area contributed by atoms with Gasteiger partial charge in [-0.05, 0) is 53.9 Å². The summed E-state index contributed by atoms with van der Waals surface area (Å²) in [6.07, 6.45) is 4.28. The lowest BCUT2D eigenvalue weighted by molar-refractivity contribution is -0.682. The molecule has 7 heteroatoms. The van der Waals surface area contributed by atoms with Crippen molar-refractivity contribution in [2.75, 3.05) is 13.7 Å². The average molecular weight is 399 g/mol. The zero-order valence-electron chi connectivity index (χ0n) is 14.1. The third-order valence-corrected chi connectivity index (χ3v) is 4.92. The van der Waals surface area contributed by atoms with Gasteiger partial charge < -0.3 is 15.4 Å². The predicted molar refractivity (Wildman–Crippen MR) is 94.8 cm³/mol. The van der Waals surface area contributed by atoms with E-state index in [2.05, 4.69) is 26.6 Å². The van der Waals surface area contributed by atoms with Gasteiger partial charge in [-0.2, -0.15) is 0 Å². The van der Waals surface area contributed by atoms with Gasteiger partial charge in [0.1, 0.15) is 11.8 Å². The minimum atomic E-state index is -0.389. The van der Waals surface area contributed by atoms with Crippen LogP contribution in [0, 0.1) is 0 Å². The van der Waals surface area contributed by atoms with Crippen LogP contribution in [-0.4, -0.2) is 31.6 Å². The summed E-state index contributed by atoms with van der Waals surface area (Å²) in [4.78, 5) is 23.7. The van der Waals surface area contributed by atoms with E-state index < -0.39 is 0 Å². The van der Waals surface area contributed by atoms with Crippen LogP contribution in [-0.2, 0) is 4.79 Å². The van der Waals surface area contributed by atoms with Gasteiger partial charge >= 0.3 is 6.03 Å². The maximum atomic E-state index is 11.9. The summed E-state index contributed by atoms with van der Waals surface area (Å²) in [5.41, 5.74) is 1.07. The molecule has 1 atom stereocenters. The van der Waals surface area contributed by atoms with Crippen LogP contribution in [0.5, 0.6) is 5.75 Å². The molecule has 4 N–H and O–H groups in total. The molecule has 1 saturated carbocycles. The Balaban J connectivity index is 1.76. The van der Waals surface area contributed by atoms with E-state index >= 15 is 0 Å². The minimum Gasteiger partial charge on any atom is -0.496 e. The maximum Gasteiger partial charge on any atom is 0.321 e. The summed E-state index contributed by atoms with van der Waals surface area (Å²) in [5, 5.41) is 7.13. The van der Waals surface area contributed by atoms with Gasteiger partial charge in [0.05, 0.1) is 11.6 Å². The SMILES string of the molecule is COc1ccc([C@H](C)[NH2+]CC(=O)NC(=O)NC2CCCC2)cc1Br. The fourth-order valence-electron chi connectivity index (χ4n) is 2.86. The number of urea groups is 1. The topological polar surface area (TPSA) is 84.0 Å². The fraction of sp³-hybridized carbons (Fsp3) is 0.529. The van der Waals surface area contributed by atoms with Crippen molar-refractivity contribution in [2.24, 2.45) is 0 Å². The molecule has 1 aromatic rings. The number of halogens is 1. The Morgan fingerprint density at radius 1 is 1.38 bits per heavy atom. The molecule has 1 fully saturated rings. The number of nitrogens with two attached hydrogens (primary N) is 1. The molecule has 0 spiro atoms. The number of benzene rings is 1. The van der Waals surface area contributed by atoms with Gasteiger partial charge in [-0.3, -0.25) is 10.1 Å². The van der Waals surface area contributed by atoms with Crippen LogP contribution >= 0.6 is 15.9 Å². The molecule has 6 nitrogen and oxygen atoms in total. The first kappa shape index (κ1) is 18.7. The molecule has 3 amide bonds. The Bertz CT molecular complexity index is 588. The number of carbonyl (C=O) groups is 2. The van der Waals surface area contributed by atoms with E-state index in [1.54, 1.807) is 7.11 Å². The van der Waals surface area contributed by atoms with E-state index in [4.69, 9.17) is 4.74 Å². The van der Waals surface area contributed by atoms with Crippen LogP contribution in [0.1, 0.15) is 44.2 Å². The molecule has 0 heterocycles. The van der Waals surface area contributed by atoms with Gasteiger partial charge in [-0.1, -0.05) is 12.8 Å². The summed E-state index contributed by atoms with van der Waals surface area (Å²) in [6.45, 7) is 2.21. The summed E-state index contributed by atoms with van der Waals surface area (Å²) < 4.78 is 6.09. The largest absolute Gasteiger partial charge is 0.496 e. The van der Waals surface area contributed by atoms with Crippen molar-refractivity contribution in [2.45, 2.75) is 44.7 Å². The third-order valence-electron chi connectivity index (χ3n) is 4.30. The molecule has 2 rings (SSSR count). The highest BCUT2D eigenvalue weighted by Gasteiger charge is 2.19. The van der Waals surface area contributed by atoms with Gasteiger partial charge in [-0.25, -0.2) is 4.79 Å². The molecule has 0 aliphatic heterocycles. The Morgan fingerprint density at radius 2 is 2.08 bits per heavy atom. The van der Waals surface area contributed by atoms with Crippen molar-refractivity contribution in [3.8, 4) is 5.75 Å². The first-order valence-corrected chi connectivity index (χ1v) is 9.06. The first-order valence-electron chi connectivity index (χ1n) is 8.26. The first-order chi connectivity index (χ1) is 11.5. The zero-order chi connectivity index (χ0) is 17.5. The van der Waals surface area contributed by atoms with Crippen molar-refractivity contribution < 1.29 is 19.6 Å². The number of amides is 3. The van der Waals surface area contributed by atoms with Crippen LogP contribution < -0.4 is 20.7 Å². The van der Waals surface area contributed by atoms with Crippen LogP contribution in [0.15, 0.2) is 22.7 Å². The van der Waals surface area contributed by atoms with Gasteiger partial charge in [0, 0.05) is 11.6 Å². The van der Waals surface area contributed by atoms with Crippen molar-refractivity contribution in [1.82, 2.24) is 10.6 Å². The predicted octanol–water partition coefficient (Wildman–Crippen LogP) is 1.85. The van der Waals surface area contributed by atoms with Gasteiger partial charge in [0.15, 0.2) is 6.54 Å². The van der Waals surface area contributed by atoms with E-state index in [9.17, 15) is 9.59 Å². The normalized spacial score (nSPS) is 15.8. The standard InChI is InChI=1S/C17H24BrN3O3/c1-11(12-7-8-15(24-2)14(18)9-12)19-10-16(22)21-17(23)20-13-5-3-4-6-13/h7-9,11,13,19H,3-6,10H2,1-2H3,(H2,20,21,22,23)/p+1/t11-/m0/s1. The number of rotatable bonds is 6. The molecule has 0 bridgehead atoms. The van der Waals surface area contributed by atoms with Crippen molar-refractivity contribution in [3.05, 3.63) is 28.2 Å². The number of nitrogens with one attached hydrogen (secondary N) is 2. The lowest BCUT2D eigenvalue weighted by Gasteiger charge is -2.14. The van der Waals surface area contributed by atoms with E-state index in [0.29, 0.717) is 0 Å². The fourth-order valence-corrected chi connectivity index (χ4v) is 3.41. The lowest BCUT2D eigenvalue weighted by Crippen LogP contribution is -2.87. The number of hydrogen-bond acceptors (Lipinski definition) is 3. The minimum absolute atomic E-state index is 0.0934. The van der Waals surface area contributed by atoms with Crippen molar-refractivity contribution >= 4 is 27.9 Å². The smallest absolute Gasteiger partial charge is 0.321 e. The van der Waals surface area contributed by atoms with Crippen molar-refractivity contribution in [1.29, 1.82) is 0 Å². The Morgan fingerprint density at radius 3 is 2.71 bits per heavy atom. The summed E-state index contributed by atoms with van der Waals surface area (Å²) >= 11 is 3.46. The molecule has 0 aromatic heterocycles. The molecule has 0 saturated heterocycles. The number of carbonyl (C=O) groups excluding carboxylic acids is 2. The number of quaternary nitrogens is 1. The van der Waals surface area contributed by atoms with Gasteiger partial charge in [-0.15, -0.1) is 0 Å². The van der Waals surface area contributed by atoms with Gasteiger partial charge in [0.25, 0.3) is 5.91 Å². The molecule has 1 aromatic carbocycles. The molecule has 24 heavy (non-hydrogen) atoms. The highest BCUT2D eigenvalue weighted by molar-refractivity contribution is 9.10. The van der Waals surface area contributed by atoms with E-state index in [1.165, 1.54) is 0 Å². The second-order valence-electron chi connectivity index (χ2n) is 6.13. The number of methoxy groups -OCH3 is 1. The monoisotopic (exact) mass is 398 g/mol. The highest BCUT2D eigenvalue weighted by Crippen LogP contribution is 2.27. The van der Waals surface area contributed by atoms with Crippen LogP contribution in [0.25, 0.3) is 0 Å². The quantitative estimate of drug-likeness (QED) is 0.683. The van der Waals surface area contributed by atoms with Crippen LogP contribution in [0.4, 0.5) is 4.79 Å². The Labute approximate surface area is 150 Å². The third kappa shape index (κ3) is 5.49. The molecular weight excluding hydrogens is 374 g/mol. The Kier molecular flexibility index (Phi) is 7.05. The van der Waals surface area contributed by atoms with Crippen LogP contribution in [0.3, 0.4) is 0 Å². The lowest BCUT2D eigenvalue weighted by atomic mass is 10.1. The second kappa shape index (κ2) is 9.03. The number of hydrogen-bond donors (Lipinski definition) is 3. The van der Waals surface area contributed by atoms with Crippen molar-refractivity contribution in [3.63, 3.8) is 0 Å². The van der Waals surface area contributed by atoms with E-state index in [0.717, 1.165) is 41.5 Å². The van der Waals surface area contributed by atoms with Gasteiger partial charge in [0.2, 0.25) is 0 Å². The van der Waals surface area contributed by atoms with E-state index in [1.807, 2.05) is 30.4 Å². The summed E-state index contributed by atoms with van der Waals surface area (Å²) in [6, 6.07) is 5.74. The molecule has 1 aliphatic rings. The molecule has 1 aliphatic carbocycles. The Hall–Kier alpha value is -1.60. The second-order valence-corrected chi connectivity index (χ2v) is 6.98. The molecule has 132 valence electrons. The number of imide groups is 1. The molecular formula is C17H25BrN3O3+. The highest BCUT2D eigenvalue weighted by atomic mass is 79.9. The maximum absolute atomic E-state index is 11.9. The summed E-state index contributed by atoms with van der Waals surface area (Å²) in [5.74, 6) is 0.484. The summed E-state index contributed by atoms with van der Waals surface area (Å²) in [7, 11) is 1.62. The van der Waals surface area contributed by atoms with E-state index in [-0.39, 0.29) is 30.6 Å². The van der Waals surface area contributed by atoms with Crippen LogP contribution in [0.2, 0.25) is 0 Å². The zero-order valence-corrected chi connectivity index (χ0v) is 15.7. The molecule has 0 radical (unpaired) electrons. The molecule has 0 unspecified atom stereocenters. The average Bonchev–Trinajstić information content (AvgIpc) is 3.05. The number of ether oxygens (including phenoxy) is 1.